The molecule has 0 bridgehead atoms. The highest BCUT2D eigenvalue weighted by molar-refractivity contribution is 5.29. The van der Waals surface area contributed by atoms with Gasteiger partial charge < -0.3 is 19.9 Å². The molecule has 4 heteroatoms. The molecule has 1 aromatic rings. The number of hydrogen-bond donors (Lipinski definition) is 1. The van der Waals surface area contributed by atoms with Crippen LogP contribution in [0.25, 0.3) is 0 Å². The maximum Gasteiger partial charge on any atom is 0.119 e. The van der Waals surface area contributed by atoms with Crippen molar-refractivity contribution in [1.82, 2.24) is 0 Å². The van der Waals surface area contributed by atoms with Gasteiger partial charge in [0.05, 0.1) is 32.5 Å². The van der Waals surface area contributed by atoms with E-state index < -0.39 is 0 Å². The fourth-order valence-electron chi connectivity index (χ4n) is 1.65. The smallest absolute Gasteiger partial charge is 0.119 e. The van der Waals surface area contributed by atoms with E-state index in [1.807, 2.05) is 31.2 Å². The summed E-state index contributed by atoms with van der Waals surface area (Å²) in [6.07, 6.45) is 1.03. The minimum Gasteiger partial charge on any atom is -0.494 e. The van der Waals surface area contributed by atoms with Crippen molar-refractivity contribution in [3.63, 3.8) is 0 Å². The summed E-state index contributed by atoms with van der Waals surface area (Å²) in [5.74, 6) is 0.868. The molecule has 0 radical (unpaired) electrons. The molecule has 2 N–H and O–H groups in total. The molecule has 1 aromatic carbocycles. The number of hydrogen-bond acceptors (Lipinski definition) is 4. The topological polar surface area (TPSA) is 53.7 Å². The first kappa shape index (κ1) is 16.0. The minimum atomic E-state index is -0.109. The second-order valence-electron chi connectivity index (χ2n) is 4.30. The number of ether oxygens (including phenoxy) is 3. The van der Waals surface area contributed by atoms with E-state index in [2.05, 4.69) is 6.92 Å². The van der Waals surface area contributed by atoms with Crippen LogP contribution in [0.1, 0.15) is 31.9 Å². The van der Waals surface area contributed by atoms with Gasteiger partial charge in [0.1, 0.15) is 5.75 Å². The van der Waals surface area contributed by atoms with Gasteiger partial charge in [-0.3, -0.25) is 0 Å². The van der Waals surface area contributed by atoms with E-state index in [-0.39, 0.29) is 6.04 Å². The normalized spacial score (nSPS) is 12.4. The van der Waals surface area contributed by atoms with Crippen LogP contribution >= 0.6 is 0 Å². The summed E-state index contributed by atoms with van der Waals surface area (Å²) in [5.41, 5.74) is 7.11. The molecule has 1 rings (SSSR count). The van der Waals surface area contributed by atoms with Crippen LogP contribution in [0.4, 0.5) is 0 Å². The van der Waals surface area contributed by atoms with Crippen molar-refractivity contribution in [2.45, 2.75) is 26.3 Å². The van der Waals surface area contributed by atoms with Crippen molar-refractivity contribution >= 4 is 0 Å². The molecule has 108 valence electrons. The van der Waals surface area contributed by atoms with E-state index in [0.29, 0.717) is 26.4 Å². The van der Waals surface area contributed by atoms with E-state index in [4.69, 9.17) is 19.9 Å². The van der Waals surface area contributed by atoms with Crippen LogP contribution in [0, 0.1) is 0 Å². The Balaban J connectivity index is 2.23. The van der Waals surface area contributed by atoms with Gasteiger partial charge in [0.15, 0.2) is 0 Å². The molecule has 0 amide bonds. The summed E-state index contributed by atoms with van der Waals surface area (Å²) < 4.78 is 16.2. The average molecular weight is 267 g/mol. The van der Waals surface area contributed by atoms with Gasteiger partial charge in [0.2, 0.25) is 0 Å². The van der Waals surface area contributed by atoms with Crippen LogP contribution in [-0.2, 0) is 9.47 Å². The van der Waals surface area contributed by atoms with E-state index >= 15 is 0 Å². The van der Waals surface area contributed by atoms with Gasteiger partial charge in [-0.25, -0.2) is 0 Å². The molecular weight excluding hydrogens is 242 g/mol. The zero-order chi connectivity index (χ0) is 13.9. The minimum absolute atomic E-state index is 0.109. The molecule has 0 aromatic heterocycles. The number of rotatable bonds is 10. The highest BCUT2D eigenvalue weighted by atomic mass is 16.5. The summed E-state index contributed by atoms with van der Waals surface area (Å²) in [7, 11) is 0. The predicted octanol–water partition coefficient (Wildman–Crippen LogP) is 2.53. The number of benzene rings is 1. The standard InChI is InChI=1S/C15H25NO3/c1-3-9-17-10-11-18-12-15(16)13-5-7-14(8-6-13)19-4-2/h5-8,15H,3-4,9-12,16H2,1-2H3. The van der Waals surface area contributed by atoms with Crippen LogP contribution in [0.3, 0.4) is 0 Å². The lowest BCUT2D eigenvalue weighted by Crippen LogP contribution is -2.18. The third kappa shape index (κ3) is 6.57. The molecule has 4 nitrogen and oxygen atoms in total. The van der Waals surface area contributed by atoms with E-state index in [1.54, 1.807) is 0 Å². The number of nitrogens with two attached hydrogens (primary N) is 1. The molecule has 0 spiro atoms. The summed E-state index contributed by atoms with van der Waals surface area (Å²) in [5, 5.41) is 0. The molecular formula is C15H25NO3. The molecule has 0 fully saturated rings. The monoisotopic (exact) mass is 267 g/mol. The lowest BCUT2D eigenvalue weighted by Gasteiger charge is -2.13. The van der Waals surface area contributed by atoms with Crippen molar-refractivity contribution in [2.24, 2.45) is 5.73 Å². The Labute approximate surface area is 115 Å². The van der Waals surface area contributed by atoms with Crippen molar-refractivity contribution in [2.75, 3.05) is 33.0 Å². The van der Waals surface area contributed by atoms with Crippen LogP contribution < -0.4 is 10.5 Å². The Morgan fingerprint density at radius 2 is 1.68 bits per heavy atom. The second-order valence-corrected chi connectivity index (χ2v) is 4.30. The first-order valence-corrected chi connectivity index (χ1v) is 6.91. The Hall–Kier alpha value is -1.10. The third-order valence-electron chi connectivity index (χ3n) is 2.64. The summed E-state index contributed by atoms with van der Waals surface area (Å²) >= 11 is 0. The molecule has 1 atom stereocenters. The highest BCUT2D eigenvalue weighted by Crippen LogP contribution is 2.16. The van der Waals surface area contributed by atoms with E-state index in [0.717, 1.165) is 24.3 Å². The van der Waals surface area contributed by atoms with Gasteiger partial charge in [0, 0.05) is 6.61 Å². The Bertz CT molecular complexity index is 327. The molecule has 0 aliphatic heterocycles. The first-order valence-electron chi connectivity index (χ1n) is 6.91. The predicted molar refractivity (Wildman–Crippen MR) is 76.5 cm³/mol. The maximum absolute atomic E-state index is 6.05. The van der Waals surface area contributed by atoms with Gasteiger partial charge >= 0.3 is 0 Å². The summed E-state index contributed by atoms with van der Waals surface area (Å²) in [4.78, 5) is 0. The van der Waals surface area contributed by atoms with Crippen LogP contribution in [-0.4, -0.2) is 33.0 Å². The quantitative estimate of drug-likeness (QED) is 0.662. The fraction of sp³-hybridized carbons (Fsp3) is 0.600. The van der Waals surface area contributed by atoms with Crippen molar-refractivity contribution in [1.29, 1.82) is 0 Å². The van der Waals surface area contributed by atoms with Gasteiger partial charge in [0.25, 0.3) is 0 Å². The summed E-state index contributed by atoms with van der Waals surface area (Å²) in [6.45, 7) is 7.23. The zero-order valence-electron chi connectivity index (χ0n) is 11.9. The average Bonchev–Trinajstić information content (AvgIpc) is 2.43. The molecule has 1 unspecified atom stereocenters. The van der Waals surface area contributed by atoms with Crippen LogP contribution in [0.15, 0.2) is 24.3 Å². The van der Waals surface area contributed by atoms with E-state index in [1.165, 1.54) is 0 Å². The first-order chi connectivity index (χ1) is 9.27. The summed E-state index contributed by atoms with van der Waals surface area (Å²) in [6, 6.07) is 7.72. The van der Waals surface area contributed by atoms with Crippen molar-refractivity contribution in [3.05, 3.63) is 29.8 Å². The SMILES string of the molecule is CCCOCCOCC(N)c1ccc(OCC)cc1. The van der Waals surface area contributed by atoms with Gasteiger partial charge in [-0.15, -0.1) is 0 Å². The molecule has 19 heavy (non-hydrogen) atoms. The molecule has 0 saturated heterocycles. The third-order valence-corrected chi connectivity index (χ3v) is 2.64. The second kappa shape index (κ2) is 9.78. The lowest BCUT2D eigenvalue weighted by molar-refractivity contribution is 0.0428. The van der Waals surface area contributed by atoms with Gasteiger partial charge in [-0.05, 0) is 31.0 Å². The Kier molecular flexibility index (Phi) is 8.21. The molecule has 0 heterocycles. The largest absolute Gasteiger partial charge is 0.494 e. The zero-order valence-corrected chi connectivity index (χ0v) is 11.9. The fourth-order valence-corrected chi connectivity index (χ4v) is 1.65. The Morgan fingerprint density at radius 1 is 1.00 bits per heavy atom. The van der Waals surface area contributed by atoms with Gasteiger partial charge in [-0.1, -0.05) is 19.1 Å². The van der Waals surface area contributed by atoms with Crippen molar-refractivity contribution < 1.29 is 14.2 Å². The molecule has 0 saturated carbocycles. The highest BCUT2D eigenvalue weighted by Gasteiger charge is 2.06. The maximum atomic E-state index is 6.05. The van der Waals surface area contributed by atoms with Crippen LogP contribution in [0.2, 0.25) is 0 Å². The molecule has 0 aliphatic rings. The lowest BCUT2D eigenvalue weighted by atomic mass is 10.1. The van der Waals surface area contributed by atoms with Crippen molar-refractivity contribution in [3.8, 4) is 5.75 Å². The van der Waals surface area contributed by atoms with E-state index in [9.17, 15) is 0 Å². The van der Waals surface area contributed by atoms with Crippen LogP contribution in [0.5, 0.6) is 5.75 Å². The van der Waals surface area contributed by atoms with Gasteiger partial charge in [-0.2, -0.15) is 0 Å². The molecule has 0 aliphatic carbocycles. The Morgan fingerprint density at radius 3 is 2.32 bits per heavy atom.